The van der Waals surface area contributed by atoms with Crippen molar-refractivity contribution >= 4 is 5.91 Å². The number of nitrogens with zero attached hydrogens (tertiary/aromatic N) is 3. The summed E-state index contributed by atoms with van der Waals surface area (Å²) >= 11 is 0. The molecule has 1 aromatic carbocycles. The van der Waals surface area contributed by atoms with Gasteiger partial charge in [0.05, 0.1) is 31.0 Å². The van der Waals surface area contributed by atoms with E-state index >= 15 is 0 Å². The van der Waals surface area contributed by atoms with Gasteiger partial charge in [-0.25, -0.2) is 4.39 Å². The number of amides is 1. The van der Waals surface area contributed by atoms with Gasteiger partial charge in [0.25, 0.3) is 0 Å². The molecule has 7 heteroatoms. The Balaban J connectivity index is 1.25. The minimum atomic E-state index is -0.234. The quantitative estimate of drug-likeness (QED) is 0.846. The lowest BCUT2D eigenvalue weighted by molar-refractivity contribution is -0.134. The number of hydrogen-bond acceptors (Lipinski definition) is 4. The van der Waals surface area contributed by atoms with Crippen LogP contribution in [0.25, 0.3) is 0 Å². The van der Waals surface area contributed by atoms with E-state index in [0.717, 1.165) is 55.7 Å². The zero-order chi connectivity index (χ0) is 19.1. The summed E-state index contributed by atoms with van der Waals surface area (Å²) in [6.45, 7) is 4.88. The van der Waals surface area contributed by atoms with Crippen LogP contribution >= 0.6 is 0 Å². The molecule has 3 aliphatic heterocycles. The molecule has 5 rings (SSSR count). The second-order valence-electron chi connectivity index (χ2n) is 8.48. The Morgan fingerprint density at radius 2 is 2.00 bits per heavy atom. The normalized spacial score (nSPS) is 23.3. The van der Waals surface area contributed by atoms with Gasteiger partial charge in [-0.15, -0.1) is 0 Å². The average molecular weight is 383 g/mol. The molecule has 0 saturated carbocycles. The molecule has 0 unspecified atom stereocenters. The van der Waals surface area contributed by atoms with Gasteiger partial charge in [-0.1, -0.05) is 12.1 Å². The molecule has 1 atom stereocenters. The van der Waals surface area contributed by atoms with Crippen molar-refractivity contribution in [3.8, 4) is 0 Å². The summed E-state index contributed by atoms with van der Waals surface area (Å²) in [5.41, 5.74) is 3.50. The highest BCUT2D eigenvalue weighted by Gasteiger charge is 2.44. The third-order valence-corrected chi connectivity index (χ3v) is 6.62. The number of hydrogen-bond donors (Lipinski definition) is 2. The van der Waals surface area contributed by atoms with Gasteiger partial charge < -0.3 is 15.5 Å². The summed E-state index contributed by atoms with van der Waals surface area (Å²) in [6, 6.07) is 6.43. The molecule has 0 aliphatic carbocycles. The van der Waals surface area contributed by atoms with E-state index in [1.165, 1.54) is 12.1 Å². The van der Waals surface area contributed by atoms with Crippen molar-refractivity contribution < 1.29 is 9.18 Å². The highest BCUT2D eigenvalue weighted by molar-refractivity contribution is 5.83. The van der Waals surface area contributed by atoms with E-state index in [2.05, 4.69) is 15.7 Å². The highest BCUT2D eigenvalue weighted by atomic mass is 19.1. The minimum absolute atomic E-state index is 0.0689. The number of carbonyl (C=O) groups excluding carboxylic acids is 1. The van der Waals surface area contributed by atoms with E-state index in [-0.39, 0.29) is 23.2 Å². The number of aromatic nitrogens is 2. The predicted molar refractivity (Wildman–Crippen MR) is 103 cm³/mol. The third kappa shape index (κ3) is 3.22. The molecule has 1 spiro atoms. The number of carbonyl (C=O) groups is 1. The van der Waals surface area contributed by atoms with Crippen molar-refractivity contribution in [3.05, 3.63) is 53.1 Å². The fourth-order valence-corrected chi connectivity index (χ4v) is 4.91. The highest BCUT2D eigenvalue weighted by Crippen LogP contribution is 2.38. The fourth-order valence-electron chi connectivity index (χ4n) is 4.91. The molecular formula is C21H26FN5O. The molecule has 6 nitrogen and oxygen atoms in total. The number of rotatable bonds is 3. The van der Waals surface area contributed by atoms with Crippen LogP contribution < -0.4 is 10.6 Å². The van der Waals surface area contributed by atoms with Crippen LogP contribution in [0, 0.1) is 11.2 Å². The number of nitrogens with one attached hydrogen (secondary N) is 2. The van der Waals surface area contributed by atoms with Gasteiger partial charge in [-0.3, -0.25) is 9.48 Å². The maximum Gasteiger partial charge on any atom is 0.240 e. The van der Waals surface area contributed by atoms with Gasteiger partial charge in [-0.2, -0.15) is 5.10 Å². The van der Waals surface area contributed by atoms with Gasteiger partial charge in [0.2, 0.25) is 5.91 Å². The number of benzene rings is 1. The fraction of sp³-hybridized carbons (Fsp3) is 0.524. The Bertz CT molecular complexity index is 871. The van der Waals surface area contributed by atoms with Crippen LogP contribution in [0.3, 0.4) is 0 Å². The standard InChI is InChI=1S/C21H26FN5O/c22-17-3-1-15(2-4-17)11-27-19-13-26(12-16(19)10-25-27)20(28)18-9-21(14-24-18)5-7-23-8-6-21/h1-4,10,18,23-24H,5-9,11-14H2/t18-/m1/s1. The van der Waals surface area contributed by atoms with Crippen molar-refractivity contribution in [2.75, 3.05) is 19.6 Å². The maximum atomic E-state index is 13.1. The molecule has 2 fully saturated rings. The van der Waals surface area contributed by atoms with Crippen molar-refractivity contribution in [2.45, 2.75) is 44.9 Å². The molecule has 2 saturated heterocycles. The second-order valence-corrected chi connectivity index (χ2v) is 8.48. The first-order valence-electron chi connectivity index (χ1n) is 10.1. The zero-order valence-corrected chi connectivity index (χ0v) is 16.0. The van der Waals surface area contributed by atoms with Crippen molar-refractivity contribution in [1.29, 1.82) is 0 Å². The lowest BCUT2D eigenvalue weighted by atomic mass is 9.77. The van der Waals surface area contributed by atoms with E-state index in [0.29, 0.717) is 19.6 Å². The second kappa shape index (κ2) is 6.97. The van der Waals surface area contributed by atoms with Crippen LogP contribution in [-0.2, 0) is 24.4 Å². The van der Waals surface area contributed by atoms with Crippen LogP contribution in [0.15, 0.2) is 30.5 Å². The predicted octanol–water partition coefficient (Wildman–Crippen LogP) is 1.64. The number of fused-ring (bicyclic) bond motifs is 1. The first kappa shape index (κ1) is 17.8. The van der Waals surface area contributed by atoms with E-state index in [1.807, 2.05) is 15.8 Å². The van der Waals surface area contributed by atoms with E-state index in [1.54, 1.807) is 12.1 Å². The van der Waals surface area contributed by atoms with Crippen LogP contribution in [0.4, 0.5) is 4.39 Å². The molecule has 0 radical (unpaired) electrons. The molecule has 2 N–H and O–H groups in total. The molecule has 3 aliphatic rings. The Morgan fingerprint density at radius 3 is 2.79 bits per heavy atom. The number of halogens is 1. The molecule has 1 aromatic heterocycles. The molecular weight excluding hydrogens is 357 g/mol. The first-order chi connectivity index (χ1) is 13.6. The zero-order valence-electron chi connectivity index (χ0n) is 16.0. The average Bonchev–Trinajstić information content (AvgIpc) is 3.40. The molecule has 148 valence electrons. The van der Waals surface area contributed by atoms with Gasteiger partial charge >= 0.3 is 0 Å². The molecule has 0 bridgehead atoms. The van der Waals surface area contributed by atoms with Gasteiger partial charge in [0, 0.05) is 18.7 Å². The van der Waals surface area contributed by atoms with Gasteiger partial charge in [0.1, 0.15) is 5.82 Å². The largest absolute Gasteiger partial charge is 0.331 e. The third-order valence-electron chi connectivity index (χ3n) is 6.62. The van der Waals surface area contributed by atoms with Crippen molar-refractivity contribution in [2.24, 2.45) is 5.41 Å². The summed E-state index contributed by atoms with van der Waals surface area (Å²) in [6.07, 6.45) is 5.11. The van der Waals surface area contributed by atoms with Gasteiger partial charge in [0.15, 0.2) is 0 Å². The Labute approximate surface area is 164 Å². The van der Waals surface area contributed by atoms with Crippen LogP contribution in [0.1, 0.15) is 36.1 Å². The lowest BCUT2D eigenvalue weighted by Crippen LogP contribution is -2.41. The van der Waals surface area contributed by atoms with Crippen molar-refractivity contribution in [1.82, 2.24) is 25.3 Å². The molecule has 4 heterocycles. The smallest absolute Gasteiger partial charge is 0.240 e. The summed E-state index contributed by atoms with van der Waals surface area (Å²) in [5, 5.41) is 11.4. The molecule has 1 amide bonds. The monoisotopic (exact) mass is 383 g/mol. The Kier molecular flexibility index (Phi) is 4.44. The summed E-state index contributed by atoms with van der Waals surface area (Å²) in [5.74, 6) is -0.0262. The number of piperidine rings is 1. The SMILES string of the molecule is O=C([C@H]1CC2(CCNCC2)CN1)N1Cc2cnn(Cc3ccc(F)cc3)c2C1. The molecule has 28 heavy (non-hydrogen) atoms. The van der Waals surface area contributed by atoms with E-state index in [4.69, 9.17) is 0 Å². The van der Waals surface area contributed by atoms with Crippen LogP contribution in [0.2, 0.25) is 0 Å². The summed E-state index contributed by atoms with van der Waals surface area (Å²) in [7, 11) is 0. The maximum absolute atomic E-state index is 13.1. The summed E-state index contributed by atoms with van der Waals surface area (Å²) in [4.78, 5) is 15.1. The van der Waals surface area contributed by atoms with Crippen LogP contribution in [-0.4, -0.2) is 46.3 Å². The van der Waals surface area contributed by atoms with Gasteiger partial charge in [-0.05, 0) is 55.5 Å². The van der Waals surface area contributed by atoms with E-state index in [9.17, 15) is 9.18 Å². The first-order valence-corrected chi connectivity index (χ1v) is 10.1. The molecule has 2 aromatic rings. The van der Waals surface area contributed by atoms with Crippen LogP contribution in [0.5, 0.6) is 0 Å². The topological polar surface area (TPSA) is 62.2 Å². The Hall–Kier alpha value is -2.25. The van der Waals surface area contributed by atoms with E-state index < -0.39 is 0 Å². The van der Waals surface area contributed by atoms with Crippen molar-refractivity contribution in [3.63, 3.8) is 0 Å². The minimum Gasteiger partial charge on any atom is -0.331 e. The lowest BCUT2D eigenvalue weighted by Gasteiger charge is -2.33. The Morgan fingerprint density at radius 1 is 1.21 bits per heavy atom. The summed E-state index contributed by atoms with van der Waals surface area (Å²) < 4.78 is 15.1.